The number of benzene rings is 1. The van der Waals surface area contributed by atoms with Crippen molar-refractivity contribution in [1.29, 1.82) is 0 Å². The lowest BCUT2D eigenvalue weighted by atomic mass is 9.96. The topological polar surface area (TPSA) is 60.2 Å². The average molecular weight is 364 g/mol. The molecular formula is C21H24N4O2. The van der Waals surface area contributed by atoms with Crippen LogP contribution in [-0.4, -0.2) is 45.5 Å². The SMILES string of the molecule is CCn1ccnc1C1CCCN(C(=O)c2cc(OC)nc3ccccc23)C1. The molecule has 1 fully saturated rings. The zero-order valence-corrected chi connectivity index (χ0v) is 15.8. The highest BCUT2D eigenvalue weighted by Crippen LogP contribution is 2.29. The molecule has 0 spiro atoms. The largest absolute Gasteiger partial charge is 0.481 e. The molecule has 27 heavy (non-hydrogen) atoms. The van der Waals surface area contributed by atoms with Crippen LogP contribution in [0.15, 0.2) is 42.7 Å². The van der Waals surface area contributed by atoms with E-state index in [1.165, 1.54) is 0 Å². The van der Waals surface area contributed by atoms with E-state index in [4.69, 9.17) is 4.74 Å². The number of aryl methyl sites for hydroxylation is 1. The molecule has 0 radical (unpaired) electrons. The molecule has 1 aliphatic heterocycles. The van der Waals surface area contributed by atoms with Gasteiger partial charge in [0.2, 0.25) is 5.88 Å². The smallest absolute Gasteiger partial charge is 0.254 e. The molecule has 140 valence electrons. The van der Waals surface area contributed by atoms with Crippen molar-refractivity contribution < 1.29 is 9.53 Å². The minimum atomic E-state index is 0.0335. The van der Waals surface area contributed by atoms with E-state index in [1.54, 1.807) is 13.2 Å². The number of fused-ring (bicyclic) bond motifs is 1. The number of imidazole rings is 1. The number of carbonyl (C=O) groups excluding carboxylic acids is 1. The Labute approximate surface area is 158 Å². The van der Waals surface area contributed by atoms with E-state index in [1.807, 2.05) is 41.6 Å². The third kappa shape index (κ3) is 3.27. The molecule has 1 amide bonds. The van der Waals surface area contributed by atoms with Gasteiger partial charge >= 0.3 is 0 Å². The number of piperidine rings is 1. The Balaban J connectivity index is 1.66. The van der Waals surface area contributed by atoms with Gasteiger partial charge in [0.05, 0.1) is 18.2 Å². The molecule has 1 atom stereocenters. The summed E-state index contributed by atoms with van der Waals surface area (Å²) in [6.45, 7) is 4.47. The number of methoxy groups -OCH3 is 1. The Morgan fingerprint density at radius 1 is 1.33 bits per heavy atom. The quantitative estimate of drug-likeness (QED) is 0.711. The molecule has 4 rings (SSSR count). The van der Waals surface area contributed by atoms with Crippen molar-refractivity contribution in [2.75, 3.05) is 20.2 Å². The van der Waals surface area contributed by atoms with E-state index < -0.39 is 0 Å². The fourth-order valence-corrected chi connectivity index (χ4v) is 3.92. The number of nitrogens with zero attached hydrogens (tertiary/aromatic N) is 4. The van der Waals surface area contributed by atoms with Crippen molar-refractivity contribution in [3.8, 4) is 5.88 Å². The minimum Gasteiger partial charge on any atom is -0.481 e. The van der Waals surface area contributed by atoms with E-state index in [9.17, 15) is 4.79 Å². The number of para-hydroxylation sites is 1. The van der Waals surface area contributed by atoms with Crippen molar-refractivity contribution in [3.05, 3.63) is 54.1 Å². The zero-order valence-electron chi connectivity index (χ0n) is 15.8. The first kappa shape index (κ1) is 17.5. The van der Waals surface area contributed by atoms with E-state index >= 15 is 0 Å². The summed E-state index contributed by atoms with van der Waals surface area (Å²) in [6.07, 6.45) is 5.90. The van der Waals surface area contributed by atoms with Gasteiger partial charge in [0.1, 0.15) is 5.82 Å². The van der Waals surface area contributed by atoms with Gasteiger partial charge in [-0.25, -0.2) is 9.97 Å². The number of pyridine rings is 1. The number of hydrogen-bond acceptors (Lipinski definition) is 4. The van der Waals surface area contributed by atoms with Gasteiger partial charge in [-0.1, -0.05) is 18.2 Å². The van der Waals surface area contributed by atoms with Crippen molar-refractivity contribution in [2.45, 2.75) is 32.2 Å². The van der Waals surface area contributed by atoms with Gasteiger partial charge in [-0.3, -0.25) is 4.79 Å². The molecule has 1 saturated heterocycles. The van der Waals surface area contributed by atoms with Crippen LogP contribution in [-0.2, 0) is 6.54 Å². The minimum absolute atomic E-state index is 0.0335. The van der Waals surface area contributed by atoms with Crippen LogP contribution in [0.3, 0.4) is 0 Å². The average Bonchev–Trinajstić information content (AvgIpc) is 3.21. The van der Waals surface area contributed by atoms with Gasteiger partial charge in [0.25, 0.3) is 5.91 Å². The van der Waals surface area contributed by atoms with Gasteiger partial charge in [0, 0.05) is 49.4 Å². The number of rotatable bonds is 4. The highest BCUT2D eigenvalue weighted by Gasteiger charge is 2.29. The molecule has 6 nitrogen and oxygen atoms in total. The van der Waals surface area contributed by atoms with E-state index in [0.29, 0.717) is 18.0 Å². The lowest BCUT2D eigenvalue weighted by Gasteiger charge is -2.33. The predicted molar refractivity (Wildman–Crippen MR) is 104 cm³/mol. The second kappa shape index (κ2) is 7.39. The first-order chi connectivity index (χ1) is 13.2. The van der Waals surface area contributed by atoms with Crippen LogP contribution in [0, 0.1) is 0 Å². The Morgan fingerprint density at radius 3 is 3.00 bits per heavy atom. The monoisotopic (exact) mass is 364 g/mol. The van der Waals surface area contributed by atoms with Gasteiger partial charge in [-0.05, 0) is 25.8 Å². The van der Waals surface area contributed by atoms with E-state index in [-0.39, 0.29) is 11.8 Å². The Morgan fingerprint density at radius 2 is 2.19 bits per heavy atom. The van der Waals surface area contributed by atoms with Gasteiger partial charge < -0.3 is 14.2 Å². The van der Waals surface area contributed by atoms with Crippen LogP contribution < -0.4 is 4.74 Å². The van der Waals surface area contributed by atoms with Crippen LogP contribution in [0.4, 0.5) is 0 Å². The molecule has 1 aromatic carbocycles. The van der Waals surface area contributed by atoms with Crippen LogP contribution in [0.25, 0.3) is 10.9 Å². The second-order valence-corrected chi connectivity index (χ2v) is 6.89. The number of likely N-dealkylation sites (tertiary alicyclic amines) is 1. The Hall–Kier alpha value is -2.89. The van der Waals surface area contributed by atoms with Crippen molar-refractivity contribution >= 4 is 16.8 Å². The summed E-state index contributed by atoms with van der Waals surface area (Å²) in [5, 5.41) is 0.862. The summed E-state index contributed by atoms with van der Waals surface area (Å²) in [6, 6.07) is 9.46. The van der Waals surface area contributed by atoms with Gasteiger partial charge in [0.15, 0.2) is 0 Å². The van der Waals surface area contributed by atoms with Crippen LogP contribution >= 0.6 is 0 Å². The van der Waals surface area contributed by atoms with Crippen molar-refractivity contribution in [1.82, 2.24) is 19.4 Å². The standard InChI is InChI=1S/C21H24N4O2/c1-3-24-12-10-22-20(24)15-7-6-11-25(14-15)21(26)17-13-19(27-2)23-18-9-5-4-8-16(17)18/h4-5,8-10,12-13,15H,3,6-7,11,14H2,1-2H3. The summed E-state index contributed by atoms with van der Waals surface area (Å²) in [7, 11) is 1.58. The van der Waals surface area contributed by atoms with Crippen molar-refractivity contribution in [3.63, 3.8) is 0 Å². The fraction of sp³-hybridized carbons (Fsp3) is 0.381. The third-order valence-corrected chi connectivity index (χ3v) is 5.29. The molecular weight excluding hydrogens is 340 g/mol. The molecule has 0 saturated carbocycles. The molecule has 0 aliphatic carbocycles. The molecule has 1 unspecified atom stereocenters. The van der Waals surface area contributed by atoms with Crippen LogP contribution in [0.2, 0.25) is 0 Å². The number of ether oxygens (including phenoxy) is 1. The zero-order chi connectivity index (χ0) is 18.8. The molecule has 6 heteroatoms. The maximum Gasteiger partial charge on any atom is 0.254 e. The fourth-order valence-electron chi connectivity index (χ4n) is 3.92. The molecule has 0 bridgehead atoms. The van der Waals surface area contributed by atoms with Gasteiger partial charge in [-0.2, -0.15) is 0 Å². The Bertz CT molecular complexity index is 966. The summed E-state index contributed by atoms with van der Waals surface area (Å²) in [5.74, 6) is 1.85. The number of aromatic nitrogens is 3. The molecule has 2 aromatic heterocycles. The van der Waals surface area contributed by atoms with Crippen molar-refractivity contribution in [2.24, 2.45) is 0 Å². The molecule has 3 aromatic rings. The van der Waals surface area contributed by atoms with Crippen LogP contribution in [0.5, 0.6) is 5.88 Å². The summed E-state index contributed by atoms with van der Waals surface area (Å²) in [5.41, 5.74) is 1.42. The normalized spacial score (nSPS) is 17.3. The maximum absolute atomic E-state index is 13.4. The van der Waals surface area contributed by atoms with Crippen LogP contribution in [0.1, 0.15) is 41.9 Å². The first-order valence-electron chi connectivity index (χ1n) is 9.45. The number of amides is 1. The van der Waals surface area contributed by atoms with Gasteiger partial charge in [-0.15, -0.1) is 0 Å². The number of carbonyl (C=O) groups is 1. The number of hydrogen-bond donors (Lipinski definition) is 0. The Kier molecular flexibility index (Phi) is 4.79. The lowest BCUT2D eigenvalue weighted by molar-refractivity contribution is 0.0705. The second-order valence-electron chi connectivity index (χ2n) is 6.89. The molecule has 3 heterocycles. The molecule has 0 N–H and O–H groups in total. The summed E-state index contributed by atoms with van der Waals surface area (Å²) >= 11 is 0. The highest BCUT2D eigenvalue weighted by atomic mass is 16.5. The lowest BCUT2D eigenvalue weighted by Crippen LogP contribution is -2.39. The summed E-state index contributed by atoms with van der Waals surface area (Å²) < 4.78 is 7.49. The summed E-state index contributed by atoms with van der Waals surface area (Å²) in [4.78, 5) is 24.3. The highest BCUT2D eigenvalue weighted by molar-refractivity contribution is 6.06. The van der Waals surface area contributed by atoms with E-state index in [2.05, 4.69) is 21.5 Å². The third-order valence-electron chi connectivity index (χ3n) is 5.29. The predicted octanol–water partition coefficient (Wildman–Crippen LogP) is 3.48. The molecule has 1 aliphatic rings. The van der Waals surface area contributed by atoms with E-state index in [0.717, 1.165) is 42.7 Å². The maximum atomic E-state index is 13.4. The first-order valence-corrected chi connectivity index (χ1v) is 9.45.